The van der Waals surface area contributed by atoms with Gasteiger partial charge in [0.15, 0.2) is 5.13 Å². The summed E-state index contributed by atoms with van der Waals surface area (Å²) in [7, 11) is 0. The first-order chi connectivity index (χ1) is 23.8. The molecule has 3 amide bonds. The van der Waals surface area contributed by atoms with Gasteiger partial charge in [-0.2, -0.15) is 0 Å². The second kappa shape index (κ2) is 17.3. The molecule has 49 heavy (non-hydrogen) atoms. The first-order valence-electron chi connectivity index (χ1n) is 15.1. The number of carbonyl (C=O) groups excluding carboxylic acids is 4. The maximum atomic E-state index is 13.6. The highest BCUT2D eigenvalue weighted by Crippen LogP contribution is 2.37. The van der Waals surface area contributed by atoms with Crippen LogP contribution in [0.3, 0.4) is 0 Å². The van der Waals surface area contributed by atoms with E-state index in [1.807, 2.05) is 36.4 Å². The third kappa shape index (κ3) is 10.4. The number of esters is 1. The van der Waals surface area contributed by atoms with Crippen molar-refractivity contribution in [3.63, 3.8) is 0 Å². The molecule has 5 aromatic rings. The molecule has 5 rings (SSSR count). The van der Waals surface area contributed by atoms with E-state index in [-0.39, 0.29) is 30.6 Å². The van der Waals surface area contributed by atoms with Gasteiger partial charge in [0.25, 0.3) is 11.8 Å². The number of hydrogen-bond acceptors (Lipinski definition) is 8. The SMILES string of the molecule is CCOC(=O)Cc1csc(NC(=O)C(Sc2cccc(NC(=O)/C(=C/c3cccc(Cl)c3)NC(=O)c3ccccc3)c2)c2ccccc2)n1. The lowest BCUT2D eigenvalue weighted by atomic mass is 10.1. The van der Waals surface area contributed by atoms with Crippen molar-refractivity contribution in [1.82, 2.24) is 10.3 Å². The number of benzene rings is 4. The Hall–Kier alpha value is -5.23. The number of ether oxygens (including phenoxy) is 1. The van der Waals surface area contributed by atoms with Crippen molar-refractivity contribution >= 4 is 75.3 Å². The van der Waals surface area contributed by atoms with Gasteiger partial charge in [-0.25, -0.2) is 4.98 Å². The van der Waals surface area contributed by atoms with E-state index in [2.05, 4.69) is 20.9 Å². The van der Waals surface area contributed by atoms with Gasteiger partial charge in [0.05, 0.1) is 18.7 Å². The number of nitrogens with zero attached hydrogens (tertiary/aromatic N) is 1. The first-order valence-corrected chi connectivity index (χ1v) is 17.3. The van der Waals surface area contributed by atoms with Crippen LogP contribution in [-0.2, 0) is 25.5 Å². The van der Waals surface area contributed by atoms with Crippen molar-refractivity contribution in [2.45, 2.75) is 23.5 Å². The van der Waals surface area contributed by atoms with Gasteiger partial charge in [0, 0.05) is 26.5 Å². The zero-order valence-electron chi connectivity index (χ0n) is 26.2. The Labute approximate surface area is 296 Å². The zero-order valence-corrected chi connectivity index (χ0v) is 28.6. The summed E-state index contributed by atoms with van der Waals surface area (Å²) in [5, 5.41) is 10.4. The summed E-state index contributed by atoms with van der Waals surface area (Å²) in [4.78, 5) is 57.2. The Morgan fingerprint density at radius 2 is 1.63 bits per heavy atom. The lowest BCUT2D eigenvalue weighted by Gasteiger charge is -2.17. The number of anilines is 2. The van der Waals surface area contributed by atoms with Crippen molar-refractivity contribution in [2.24, 2.45) is 0 Å². The highest BCUT2D eigenvalue weighted by Gasteiger charge is 2.24. The smallest absolute Gasteiger partial charge is 0.311 e. The minimum Gasteiger partial charge on any atom is -0.466 e. The van der Waals surface area contributed by atoms with Crippen LogP contribution in [0.5, 0.6) is 0 Å². The molecular weight excluding hydrogens is 680 g/mol. The van der Waals surface area contributed by atoms with E-state index in [9.17, 15) is 19.2 Å². The average Bonchev–Trinajstić information content (AvgIpc) is 3.54. The highest BCUT2D eigenvalue weighted by molar-refractivity contribution is 8.00. The Morgan fingerprint density at radius 1 is 0.898 bits per heavy atom. The molecule has 0 aliphatic heterocycles. The molecule has 1 heterocycles. The molecule has 0 saturated carbocycles. The van der Waals surface area contributed by atoms with Gasteiger partial charge in [0.1, 0.15) is 10.9 Å². The minimum absolute atomic E-state index is 0.0153. The van der Waals surface area contributed by atoms with Crippen molar-refractivity contribution in [2.75, 3.05) is 17.2 Å². The quantitative estimate of drug-likeness (QED) is 0.0647. The molecule has 12 heteroatoms. The van der Waals surface area contributed by atoms with Crippen molar-refractivity contribution in [3.05, 3.63) is 148 Å². The maximum absolute atomic E-state index is 13.6. The number of thiazole rings is 1. The molecule has 0 spiro atoms. The van der Waals surface area contributed by atoms with Crippen LogP contribution in [-0.4, -0.2) is 35.3 Å². The number of nitrogens with one attached hydrogen (secondary N) is 3. The van der Waals surface area contributed by atoms with Crippen LogP contribution in [0.15, 0.2) is 125 Å². The standard InChI is InChI=1S/C37H31ClN4O5S2/c1-2-47-32(43)22-29-23-48-37(40-29)42-36(46)33(25-12-5-3-6-13-25)49-30-18-10-17-28(21-30)39-35(45)31(20-24-11-9-16-27(38)19-24)41-34(44)26-14-7-4-8-15-26/h3-21,23,33H,2,22H2,1H3,(H,39,45)(H,41,44)(H,40,42,46)/b31-20-. The number of aromatic nitrogens is 1. The summed E-state index contributed by atoms with van der Waals surface area (Å²) < 4.78 is 4.99. The number of carbonyl (C=O) groups is 4. The molecule has 248 valence electrons. The van der Waals surface area contributed by atoms with Crippen LogP contribution in [0.1, 0.15) is 39.4 Å². The molecule has 9 nitrogen and oxygen atoms in total. The van der Waals surface area contributed by atoms with Gasteiger partial charge in [-0.15, -0.1) is 23.1 Å². The second-order valence-corrected chi connectivity index (χ2v) is 12.9. The normalized spacial score (nSPS) is 11.7. The molecule has 1 unspecified atom stereocenters. The zero-order chi connectivity index (χ0) is 34.6. The first kappa shape index (κ1) is 35.1. The number of thioether (sulfide) groups is 1. The predicted molar refractivity (Wildman–Crippen MR) is 195 cm³/mol. The van der Waals surface area contributed by atoms with Gasteiger partial charge < -0.3 is 20.7 Å². The van der Waals surface area contributed by atoms with Crippen LogP contribution in [0.2, 0.25) is 5.02 Å². The molecule has 0 fully saturated rings. The third-order valence-corrected chi connectivity index (χ3v) is 9.08. The lowest BCUT2D eigenvalue weighted by molar-refractivity contribution is -0.142. The fourth-order valence-corrected chi connectivity index (χ4v) is 6.56. The van der Waals surface area contributed by atoms with Gasteiger partial charge in [-0.05, 0) is 66.6 Å². The monoisotopic (exact) mass is 710 g/mol. The molecule has 1 aromatic heterocycles. The van der Waals surface area contributed by atoms with Crippen molar-refractivity contribution < 1.29 is 23.9 Å². The average molecular weight is 711 g/mol. The number of amides is 3. The minimum atomic E-state index is -0.673. The molecule has 1 atom stereocenters. The molecule has 0 aliphatic rings. The fraction of sp³-hybridized carbons (Fsp3) is 0.108. The van der Waals surface area contributed by atoms with E-state index in [0.29, 0.717) is 37.6 Å². The predicted octanol–water partition coefficient (Wildman–Crippen LogP) is 7.78. The van der Waals surface area contributed by atoms with Crippen LogP contribution in [0, 0.1) is 0 Å². The number of halogens is 1. The van der Waals surface area contributed by atoms with Gasteiger partial charge in [-0.3, -0.25) is 19.2 Å². The van der Waals surface area contributed by atoms with Gasteiger partial charge >= 0.3 is 5.97 Å². The van der Waals surface area contributed by atoms with Crippen LogP contribution >= 0.6 is 34.7 Å². The molecule has 3 N–H and O–H groups in total. The number of hydrogen-bond donors (Lipinski definition) is 3. The topological polar surface area (TPSA) is 126 Å². The summed E-state index contributed by atoms with van der Waals surface area (Å²) in [5.74, 6) is -1.69. The van der Waals surface area contributed by atoms with E-state index in [1.54, 1.807) is 91.2 Å². The molecule has 0 bridgehead atoms. The largest absolute Gasteiger partial charge is 0.466 e. The molecule has 0 radical (unpaired) electrons. The van der Waals surface area contributed by atoms with Crippen molar-refractivity contribution in [3.8, 4) is 0 Å². The van der Waals surface area contributed by atoms with Crippen LogP contribution in [0.4, 0.5) is 10.8 Å². The Kier molecular flexibility index (Phi) is 12.4. The van der Waals surface area contributed by atoms with Crippen LogP contribution < -0.4 is 16.0 Å². The Balaban J connectivity index is 1.34. The fourth-order valence-electron chi connectivity index (χ4n) is 4.56. The molecule has 4 aromatic carbocycles. The van der Waals surface area contributed by atoms with E-state index in [1.165, 1.54) is 23.1 Å². The summed E-state index contributed by atoms with van der Waals surface area (Å²) in [6.07, 6.45) is 1.56. The van der Waals surface area contributed by atoms with Crippen LogP contribution in [0.25, 0.3) is 6.08 Å². The van der Waals surface area contributed by atoms with E-state index in [0.717, 1.165) is 5.56 Å². The Morgan fingerprint density at radius 3 is 2.37 bits per heavy atom. The van der Waals surface area contributed by atoms with Crippen molar-refractivity contribution in [1.29, 1.82) is 0 Å². The third-order valence-electron chi connectivity index (χ3n) is 6.79. The van der Waals surface area contributed by atoms with E-state index >= 15 is 0 Å². The van der Waals surface area contributed by atoms with E-state index < -0.39 is 17.1 Å². The second-order valence-electron chi connectivity index (χ2n) is 10.4. The van der Waals surface area contributed by atoms with E-state index in [4.69, 9.17) is 16.3 Å². The lowest BCUT2D eigenvalue weighted by Crippen LogP contribution is -2.30. The summed E-state index contributed by atoms with van der Waals surface area (Å²) >= 11 is 8.69. The number of rotatable bonds is 13. The molecule has 0 saturated heterocycles. The summed E-state index contributed by atoms with van der Waals surface area (Å²) in [6.45, 7) is 2.01. The summed E-state index contributed by atoms with van der Waals surface area (Å²) in [6, 6.07) is 31.9. The highest BCUT2D eigenvalue weighted by atomic mass is 35.5. The Bertz CT molecular complexity index is 1970. The maximum Gasteiger partial charge on any atom is 0.311 e. The molecule has 0 aliphatic carbocycles. The van der Waals surface area contributed by atoms with Gasteiger partial charge in [0.2, 0.25) is 5.91 Å². The summed E-state index contributed by atoms with van der Waals surface area (Å²) in [5.41, 5.74) is 2.76. The van der Waals surface area contributed by atoms with Gasteiger partial charge in [-0.1, -0.05) is 78.3 Å². The molecular formula is C37H31ClN4O5S2.